The van der Waals surface area contributed by atoms with Crippen LogP contribution in [0.1, 0.15) is 34.1 Å². The monoisotopic (exact) mass is 421 g/mol. The quantitative estimate of drug-likeness (QED) is 0.779. The van der Waals surface area contributed by atoms with Crippen molar-refractivity contribution < 1.29 is 18.4 Å². The van der Waals surface area contributed by atoms with E-state index in [9.17, 15) is 18.4 Å². The van der Waals surface area contributed by atoms with Crippen molar-refractivity contribution in [3.8, 4) is 0 Å². The van der Waals surface area contributed by atoms with Crippen LogP contribution in [0.3, 0.4) is 0 Å². The molecule has 1 aromatic heterocycles. The van der Waals surface area contributed by atoms with Crippen molar-refractivity contribution in [2.75, 3.05) is 33.7 Å². The second kappa shape index (κ2) is 9.45. The molecule has 1 unspecified atom stereocenters. The molecule has 1 aliphatic rings. The SMILES string of the molecule is CN(C)C(CNC(=O)C1CCN(C(=O)c2ccc(F)cc2F)CC1)c1cccs1. The van der Waals surface area contributed by atoms with Gasteiger partial charge in [-0.1, -0.05) is 6.07 Å². The Balaban J connectivity index is 1.52. The number of thiophene rings is 1. The minimum atomic E-state index is -0.863. The maximum atomic E-state index is 13.9. The lowest BCUT2D eigenvalue weighted by molar-refractivity contribution is -0.126. The van der Waals surface area contributed by atoms with E-state index in [1.807, 2.05) is 25.5 Å². The van der Waals surface area contributed by atoms with Crippen LogP contribution in [0.15, 0.2) is 35.7 Å². The molecular formula is C21H25F2N3O2S. The highest BCUT2D eigenvalue weighted by atomic mass is 32.1. The first-order chi connectivity index (χ1) is 13.9. The number of benzene rings is 1. The predicted octanol–water partition coefficient (Wildman–Crippen LogP) is 3.30. The second-order valence-corrected chi connectivity index (χ2v) is 8.41. The highest BCUT2D eigenvalue weighted by Crippen LogP contribution is 2.24. The molecule has 2 amide bonds. The topological polar surface area (TPSA) is 52.7 Å². The Bertz CT molecular complexity index is 850. The number of likely N-dealkylation sites (tertiary alicyclic amines) is 1. The van der Waals surface area contributed by atoms with E-state index >= 15 is 0 Å². The maximum absolute atomic E-state index is 13.9. The molecule has 1 fully saturated rings. The number of carbonyl (C=O) groups is 2. The van der Waals surface area contributed by atoms with Crippen LogP contribution in [0.5, 0.6) is 0 Å². The second-order valence-electron chi connectivity index (χ2n) is 7.43. The van der Waals surface area contributed by atoms with E-state index in [2.05, 4.69) is 16.3 Å². The van der Waals surface area contributed by atoms with Gasteiger partial charge < -0.3 is 15.1 Å². The van der Waals surface area contributed by atoms with Gasteiger partial charge in [0, 0.05) is 36.5 Å². The van der Waals surface area contributed by atoms with Gasteiger partial charge in [-0.15, -0.1) is 11.3 Å². The van der Waals surface area contributed by atoms with Gasteiger partial charge in [0.15, 0.2) is 0 Å². The van der Waals surface area contributed by atoms with Crippen molar-refractivity contribution in [1.82, 2.24) is 15.1 Å². The Morgan fingerprint density at radius 2 is 1.97 bits per heavy atom. The van der Waals surface area contributed by atoms with Gasteiger partial charge in [-0.3, -0.25) is 9.59 Å². The summed E-state index contributed by atoms with van der Waals surface area (Å²) in [6.45, 7) is 1.26. The van der Waals surface area contributed by atoms with Gasteiger partial charge in [0.25, 0.3) is 5.91 Å². The Morgan fingerprint density at radius 3 is 2.55 bits per heavy atom. The Kier molecular flexibility index (Phi) is 6.97. The molecule has 1 aromatic carbocycles. The standard InChI is InChI=1S/C21H25F2N3O2S/c1-25(2)18(19-4-3-11-29-19)13-24-20(27)14-7-9-26(10-8-14)21(28)16-6-5-15(22)12-17(16)23/h3-6,11-12,14,18H,7-10,13H2,1-2H3,(H,24,27). The summed E-state index contributed by atoms with van der Waals surface area (Å²) in [6.07, 6.45) is 1.04. The number of nitrogens with zero attached hydrogens (tertiary/aromatic N) is 2. The highest BCUT2D eigenvalue weighted by molar-refractivity contribution is 7.10. The smallest absolute Gasteiger partial charge is 0.256 e. The fourth-order valence-electron chi connectivity index (χ4n) is 3.54. The minimum Gasteiger partial charge on any atom is -0.354 e. The molecule has 1 N–H and O–H groups in total. The molecule has 3 rings (SSSR count). The first kappa shape index (κ1) is 21.4. The number of halogens is 2. The van der Waals surface area contributed by atoms with Gasteiger partial charge in [-0.05, 0) is 50.5 Å². The van der Waals surface area contributed by atoms with Gasteiger partial charge in [0.05, 0.1) is 11.6 Å². The third-order valence-electron chi connectivity index (χ3n) is 5.28. The zero-order valence-corrected chi connectivity index (χ0v) is 17.3. The molecule has 1 saturated heterocycles. The Hall–Kier alpha value is -2.32. The van der Waals surface area contributed by atoms with Crippen LogP contribution in [0, 0.1) is 17.6 Å². The van der Waals surface area contributed by atoms with Crippen molar-refractivity contribution >= 4 is 23.2 Å². The molecule has 1 atom stereocenters. The van der Waals surface area contributed by atoms with E-state index < -0.39 is 17.5 Å². The largest absolute Gasteiger partial charge is 0.354 e. The van der Waals surface area contributed by atoms with E-state index in [0.29, 0.717) is 38.5 Å². The third kappa shape index (κ3) is 5.19. The summed E-state index contributed by atoms with van der Waals surface area (Å²) in [4.78, 5) is 29.9. The number of nitrogens with one attached hydrogen (secondary N) is 1. The van der Waals surface area contributed by atoms with Crippen LogP contribution in [0.25, 0.3) is 0 Å². The van der Waals surface area contributed by atoms with Crippen LogP contribution in [-0.4, -0.2) is 55.3 Å². The molecule has 156 valence electrons. The van der Waals surface area contributed by atoms with Crippen molar-refractivity contribution in [3.05, 3.63) is 57.8 Å². The van der Waals surface area contributed by atoms with Crippen molar-refractivity contribution in [3.63, 3.8) is 0 Å². The fourth-order valence-corrected chi connectivity index (χ4v) is 4.46. The van der Waals surface area contributed by atoms with Gasteiger partial charge in [-0.2, -0.15) is 0 Å². The zero-order chi connectivity index (χ0) is 21.0. The number of likely N-dealkylation sites (N-methyl/N-ethyl adjacent to an activating group) is 1. The van der Waals surface area contributed by atoms with Crippen LogP contribution in [-0.2, 0) is 4.79 Å². The zero-order valence-electron chi connectivity index (χ0n) is 16.5. The van der Waals surface area contributed by atoms with Gasteiger partial charge >= 0.3 is 0 Å². The van der Waals surface area contributed by atoms with E-state index in [4.69, 9.17) is 0 Å². The summed E-state index contributed by atoms with van der Waals surface area (Å²) >= 11 is 1.66. The summed E-state index contributed by atoms with van der Waals surface area (Å²) in [5.41, 5.74) is -0.140. The van der Waals surface area contributed by atoms with Gasteiger partial charge in [0.2, 0.25) is 5.91 Å². The summed E-state index contributed by atoms with van der Waals surface area (Å²) < 4.78 is 26.9. The van der Waals surface area contributed by atoms with Gasteiger partial charge in [0.1, 0.15) is 11.6 Å². The molecule has 0 radical (unpaired) electrons. The van der Waals surface area contributed by atoms with Crippen LogP contribution >= 0.6 is 11.3 Å². The summed E-state index contributed by atoms with van der Waals surface area (Å²) in [5, 5.41) is 5.05. The first-order valence-electron chi connectivity index (χ1n) is 9.58. The highest BCUT2D eigenvalue weighted by Gasteiger charge is 2.29. The average molecular weight is 422 g/mol. The normalized spacial score (nSPS) is 16.1. The number of carbonyl (C=O) groups excluding carboxylic acids is 2. The fraction of sp³-hybridized carbons (Fsp3) is 0.429. The lowest BCUT2D eigenvalue weighted by Gasteiger charge is -2.32. The Morgan fingerprint density at radius 1 is 1.24 bits per heavy atom. The number of hydrogen-bond acceptors (Lipinski definition) is 4. The molecule has 2 heterocycles. The molecule has 0 aliphatic carbocycles. The number of hydrogen-bond donors (Lipinski definition) is 1. The lowest BCUT2D eigenvalue weighted by atomic mass is 9.95. The maximum Gasteiger partial charge on any atom is 0.256 e. The summed E-state index contributed by atoms with van der Waals surface area (Å²) in [7, 11) is 3.96. The van der Waals surface area contributed by atoms with E-state index in [1.54, 1.807) is 11.3 Å². The molecule has 8 heteroatoms. The van der Waals surface area contributed by atoms with Crippen molar-refractivity contribution in [2.45, 2.75) is 18.9 Å². The minimum absolute atomic E-state index is 0.0199. The molecular weight excluding hydrogens is 396 g/mol. The predicted molar refractivity (Wildman–Crippen MR) is 109 cm³/mol. The number of piperidine rings is 1. The molecule has 29 heavy (non-hydrogen) atoms. The van der Waals surface area contributed by atoms with Crippen LogP contribution in [0.4, 0.5) is 8.78 Å². The number of amides is 2. The molecule has 0 bridgehead atoms. The average Bonchev–Trinajstić information content (AvgIpc) is 3.22. The third-order valence-corrected chi connectivity index (χ3v) is 6.25. The number of rotatable bonds is 6. The van der Waals surface area contributed by atoms with Gasteiger partial charge in [-0.25, -0.2) is 8.78 Å². The summed E-state index contributed by atoms with van der Waals surface area (Å²) in [6, 6.07) is 7.11. The van der Waals surface area contributed by atoms with Crippen molar-refractivity contribution in [2.24, 2.45) is 5.92 Å². The van der Waals surface area contributed by atoms with Crippen LogP contribution < -0.4 is 5.32 Å². The molecule has 0 saturated carbocycles. The first-order valence-corrected chi connectivity index (χ1v) is 10.5. The Labute approximate surface area is 173 Å². The van der Waals surface area contributed by atoms with E-state index in [0.717, 1.165) is 12.1 Å². The summed E-state index contributed by atoms with van der Waals surface area (Å²) in [5.74, 6) is -2.24. The molecule has 2 aromatic rings. The molecule has 5 nitrogen and oxygen atoms in total. The van der Waals surface area contributed by atoms with Crippen LogP contribution in [0.2, 0.25) is 0 Å². The molecule has 0 spiro atoms. The lowest BCUT2D eigenvalue weighted by Crippen LogP contribution is -2.44. The molecule has 1 aliphatic heterocycles. The van der Waals surface area contributed by atoms with E-state index in [-0.39, 0.29) is 23.4 Å². The van der Waals surface area contributed by atoms with E-state index in [1.165, 1.54) is 9.78 Å². The van der Waals surface area contributed by atoms with Crippen molar-refractivity contribution in [1.29, 1.82) is 0 Å².